The Labute approximate surface area is 150 Å². The molecule has 0 saturated heterocycles. The van der Waals surface area contributed by atoms with Crippen LogP contribution in [0.5, 0.6) is 5.75 Å². The number of nitrogens with two attached hydrogens (primary N) is 3. The molecule has 0 unspecified atom stereocenters. The largest absolute Gasteiger partial charge is 0.464 e. The van der Waals surface area contributed by atoms with Gasteiger partial charge in [-0.05, 0) is 42.0 Å². The van der Waals surface area contributed by atoms with E-state index in [-0.39, 0.29) is 31.5 Å². The van der Waals surface area contributed by atoms with Crippen molar-refractivity contribution >= 4 is 23.6 Å². The van der Waals surface area contributed by atoms with Gasteiger partial charge in [-0.15, -0.1) is 0 Å². The number of guanidine groups is 1. The molecule has 2 rings (SSSR count). The van der Waals surface area contributed by atoms with Crippen molar-refractivity contribution in [2.75, 3.05) is 13.2 Å². The Balaban J connectivity index is 1.94. The Kier molecular flexibility index (Phi) is 6.69. The van der Waals surface area contributed by atoms with Crippen molar-refractivity contribution in [3.05, 3.63) is 59.7 Å². The van der Waals surface area contributed by atoms with E-state index >= 15 is 0 Å². The lowest BCUT2D eigenvalue weighted by atomic mass is 10.1. The maximum absolute atomic E-state index is 12.1. The van der Waals surface area contributed by atoms with Gasteiger partial charge in [-0.25, -0.2) is 9.79 Å². The molecule has 2 aromatic carbocycles. The van der Waals surface area contributed by atoms with Crippen molar-refractivity contribution in [3.63, 3.8) is 0 Å². The predicted molar refractivity (Wildman–Crippen MR) is 97.0 cm³/mol. The van der Waals surface area contributed by atoms with Crippen molar-refractivity contribution in [1.82, 2.24) is 0 Å². The molecule has 0 heterocycles. The molecule has 0 aliphatic rings. The molecular formula is C18H20N4O4. The third kappa shape index (κ3) is 5.91. The summed E-state index contributed by atoms with van der Waals surface area (Å²) in [6, 6.07) is 12.9. The number of hydrogen-bond donors (Lipinski definition) is 3. The molecule has 0 spiro atoms. The maximum Gasteiger partial charge on any atom is 0.343 e. The van der Waals surface area contributed by atoms with Crippen molar-refractivity contribution in [2.45, 2.75) is 6.42 Å². The van der Waals surface area contributed by atoms with E-state index in [0.717, 1.165) is 5.56 Å². The topological polar surface area (TPSA) is 143 Å². The summed E-state index contributed by atoms with van der Waals surface area (Å²) in [4.78, 5) is 27.5. The van der Waals surface area contributed by atoms with Gasteiger partial charge in [0.05, 0.1) is 17.7 Å². The van der Waals surface area contributed by atoms with Crippen LogP contribution in [0.2, 0.25) is 0 Å². The van der Waals surface area contributed by atoms with Crippen LogP contribution in [0.25, 0.3) is 0 Å². The highest BCUT2D eigenvalue weighted by molar-refractivity contribution is 5.91. The van der Waals surface area contributed by atoms with Crippen LogP contribution in [0.15, 0.2) is 53.5 Å². The monoisotopic (exact) mass is 356 g/mol. The van der Waals surface area contributed by atoms with E-state index in [2.05, 4.69) is 4.99 Å². The lowest BCUT2D eigenvalue weighted by Crippen LogP contribution is -2.21. The fourth-order valence-corrected chi connectivity index (χ4v) is 2.05. The molecule has 2 aromatic rings. The zero-order chi connectivity index (χ0) is 18.9. The SMILES string of the molecule is NCCOC(=O)Cc1ccc(OC(=O)c2ccc(N=C(N)N)cc2)cc1. The van der Waals surface area contributed by atoms with Gasteiger partial charge in [0.15, 0.2) is 5.96 Å². The van der Waals surface area contributed by atoms with Crippen LogP contribution < -0.4 is 21.9 Å². The molecule has 0 saturated carbocycles. The molecule has 0 aliphatic carbocycles. The number of rotatable bonds is 7. The summed E-state index contributed by atoms with van der Waals surface area (Å²) in [6.07, 6.45) is 0.125. The van der Waals surface area contributed by atoms with Gasteiger partial charge in [0, 0.05) is 6.54 Å². The first-order chi connectivity index (χ1) is 12.5. The van der Waals surface area contributed by atoms with Gasteiger partial charge in [-0.2, -0.15) is 0 Å². The lowest BCUT2D eigenvalue weighted by molar-refractivity contribution is -0.142. The summed E-state index contributed by atoms with van der Waals surface area (Å²) < 4.78 is 10.2. The number of esters is 2. The summed E-state index contributed by atoms with van der Waals surface area (Å²) >= 11 is 0. The Morgan fingerprint density at radius 1 is 0.962 bits per heavy atom. The smallest absolute Gasteiger partial charge is 0.343 e. The number of carbonyl (C=O) groups is 2. The molecule has 8 heteroatoms. The van der Waals surface area contributed by atoms with Crippen LogP contribution in [0.4, 0.5) is 5.69 Å². The molecule has 0 atom stereocenters. The first-order valence-electron chi connectivity index (χ1n) is 7.84. The summed E-state index contributed by atoms with van der Waals surface area (Å²) in [6.45, 7) is 0.476. The highest BCUT2D eigenvalue weighted by atomic mass is 16.5. The van der Waals surface area contributed by atoms with Gasteiger partial charge >= 0.3 is 11.9 Å². The first kappa shape index (κ1) is 18.9. The standard InChI is InChI=1S/C18H20N4O4/c19-9-10-25-16(23)11-12-1-7-15(8-2-12)26-17(24)13-3-5-14(6-4-13)22-18(20)21/h1-8H,9-11,19H2,(H4,20,21,22). The summed E-state index contributed by atoms with van der Waals surface area (Å²) in [7, 11) is 0. The van der Waals surface area contributed by atoms with E-state index in [1.807, 2.05) is 0 Å². The number of hydrogen-bond acceptors (Lipinski definition) is 6. The Hall–Kier alpha value is -3.39. The number of ether oxygens (including phenoxy) is 2. The molecule has 0 fully saturated rings. The van der Waals surface area contributed by atoms with Crippen molar-refractivity contribution in [2.24, 2.45) is 22.2 Å². The Bertz CT molecular complexity index is 782. The molecular weight excluding hydrogens is 336 g/mol. The highest BCUT2D eigenvalue weighted by Crippen LogP contribution is 2.17. The third-order valence-electron chi connectivity index (χ3n) is 3.22. The predicted octanol–water partition coefficient (Wildman–Crippen LogP) is 0.855. The van der Waals surface area contributed by atoms with E-state index in [1.54, 1.807) is 48.5 Å². The molecule has 0 radical (unpaired) electrons. The zero-order valence-electron chi connectivity index (χ0n) is 14.1. The molecule has 0 bridgehead atoms. The Morgan fingerprint density at radius 2 is 1.62 bits per heavy atom. The van der Waals surface area contributed by atoms with E-state index in [4.69, 9.17) is 26.7 Å². The summed E-state index contributed by atoms with van der Waals surface area (Å²) in [5.41, 5.74) is 17.5. The van der Waals surface area contributed by atoms with Gasteiger partial charge < -0.3 is 26.7 Å². The van der Waals surface area contributed by atoms with Crippen LogP contribution in [0.3, 0.4) is 0 Å². The van der Waals surface area contributed by atoms with E-state index < -0.39 is 5.97 Å². The number of aliphatic imine (C=N–C) groups is 1. The highest BCUT2D eigenvalue weighted by Gasteiger charge is 2.09. The Morgan fingerprint density at radius 3 is 2.19 bits per heavy atom. The molecule has 6 N–H and O–H groups in total. The molecule has 8 nitrogen and oxygen atoms in total. The van der Waals surface area contributed by atoms with Gasteiger partial charge in [0.25, 0.3) is 0 Å². The molecule has 26 heavy (non-hydrogen) atoms. The van der Waals surface area contributed by atoms with E-state index in [1.165, 1.54) is 0 Å². The molecule has 0 aromatic heterocycles. The van der Waals surface area contributed by atoms with Gasteiger partial charge in [0.2, 0.25) is 0 Å². The van der Waals surface area contributed by atoms with Crippen LogP contribution in [0, 0.1) is 0 Å². The van der Waals surface area contributed by atoms with Crippen LogP contribution in [-0.2, 0) is 16.0 Å². The van der Waals surface area contributed by atoms with Crippen LogP contribution >= 0.6 is 0 Å². The number of benzene rings is 2. The molecule has 0 aliphatic heterocycles. The number of nitrogens with zero attached hydrogens (tertiary/aromatic N) is 1. The average molecular weight is 356 g/mol. The second-order valence-electron chi connectivity index (χ2n) is 5.30. The fourth-order valence-electron chi connectivity index (χ4n) is 2.05. The van der Waals surface area contributed by atoms with Gasteiger partial charge in [0.1, 0.15) is 12.4 Å². The third-order valence-corrected chi connectivity index (χ3v) is 3.22. The number of carbonyl (C=O) groups excluding carboxylic acids is 2. The fraction of sp³-hybridized carbons (Fsp3) is 0.167. The molecule has 0 amide bonds. The summed E-state index contributed by atoms with van der Waals surface area (Å²) in [5.74, 6) is -0.577. The summed E-state index contributed by atoms with van der Waals surface area (Å²) in [5, 5.41) is 0. The van der Waals surface area contributed by atoms with Crippen molar-refractivity contribution in [3.8, 4) is 5.75 Å². The first-order valence-corrected chi connectivity index (χ1v) is 7.84. The van der Waals surface area contributed by atoms with Crippen LogP contribution in [0.1, 0.15) is 15.9 Å². The molecule has 136 valence electrons. The minimum Gasteiger partial charge on any atom is -0.464 e. The van der Waals surface area contributed by atoms with E-state index in [9.17, 15) is 9.59 Å². The zero-order valence-corrected chi connectivity index (χ0v) is 14.1. The normalized spacial score (nSPS) is 10.0. The second kappa shape index (κ2) is 9.19. The minimum absolute atomic E-state index is 0.0627. The van der Waals surface area contributed by atoms with Gasteiger partial charge in [-0.3, -0.25) is 4.79 Å². The van der Waals surface area contributed by atoms with Crippen molar-refractivity contribution in [1.29, 1.82) is 0 Å². The average Bonchev–Trinajstić information content (AvgIpc) is 2.61. The van der Waals surface area contributed by atoms with E-state index in [0.29, 0.717) is 17.0 Å². The quantitative estimate of drug-likeness (QED) is 0.289. The van der Waals surface area contributed by atoms with Crippen molar-refractivity contribution < 1.29 is 19.1 Å². The second-order valence-corrected chi connectivity index (χ2v) is 5.30. The van der Waals surface area contributed by atoms with Gasteiger partial charge in [-0.1, -0.05) is 12.1 Å². The van der Waals surface area contributed by atoms with Crippen LogP contribution in [-0.4, -0.2) is 31.0 Å². The maximum atomic E-state index is 12.1. The minimum atomic E-state index is -0.517. The lowest BCUT2D eigenvalue weighted by Gasteiger charge is -2.06.